The zero-order valence-corrected chi connectivity index (χ0v) is 11.6. The van der Waals surface area contributed by atoms with Crippen molar-refractivity contribution in [1.82, 2.24) is 0 Å². The van der Waals surface area contributed by atoms with Crippen LogP contribution in [-0.2, 0) is 11.3 Å². The summed E-state index contributed by atoms with van der Waals surface area (Å²) >= 11 is 6.21. The Hall–Kier alpha value is -0.770. The van der Waals surface area contributed by atoms with Crippen LogP contribution in [0.25, 0.3) is 0 Å². The normalized spacial score (nSPS) is 20.2. The average molecular weight is 269 g/mol. The molecule has 1 heterocycles. The minimum absolute atomic E-state index is 0.487. The first-order valence-electron chi connectivity index (χ1n) is 6.47. The second kappa shape index (κ2) is 6.41. The minimum Gasteiger partial charge on any atom is -0.384 e. The number of hydrogen-bond donors (Lipinski definition) is 1. The lowest BCUT2D eigenvalue weighted by molar-refractivity contribution is 0.143. The molecule has 0 aromatic heterocycles. The fourth-order valence-electron chi connectivity index (χ4n) is 2.70. The van der Waals surface area contributed by atoms with Crippen LogP contribution in [0.2, 0.25) is 5.02 Å². The summed E-state index contributed by atoms with van der Waals surface area (Å²) in [5.74, 6) is 0.605. The number of ether oxygens (including phenoxy) is 1. The molecule has 1 aliphatic rings. The van der Waals surface area contributed by atoms with Gasteiger partial charge in [0.15, 0.2) is 0 Å². The maximum absolute atomic E-state index is 6.21. The van der Waals surface area contributed by atoms with E-state index in [1.165, 1.54) is 18.5 Å². The molecule has 2 rings (SSSR count). The summed E-state index contributed by atoms with van der Waals surface area (Å²) in [6.07, 6.45) is 2.44. The summed E-state index contributed by atoms with van der Waals surface area (Å²) < 4.78 is 5.27. The maximum atomic E-state index is 6.21. The van der Waals surface area contributed by atoms with Crippen LogP contribution in [0.15, 0.2) is 18.2 Å². The molecule has 100 valence electrons. The third-order valence-electron chi connectivity index (χ3n) is 3.56. The van der Waals surface area contributed by atoms with Gasteiger partial charge in [-0.25, -0.2) is 0 Å². The Kier molecular flexibility index (Phi) is 4.87. The standard InChI is InChI=1S/C14H21ClN2O/c1-18-10-11-4-3-7-17(9-11)14-6-2-5-13(15)12(14)8-16/h2,5-6,11H,3-4,7-10,16H2,1H3. The fraction of sp³-hybridized carbons (Fsp3) is 0.571. The van der Waals surface area contributed by atoms with Crippen LogP contribution >= 0.6 is 11.6 Å². The van der Waals surface area contributed by atoms with Crippen molar-refractivity contribution in [2.24, 2.45) is 11.7 Å². The quantitative estimate of drug-likeness (QED) is 0.912. The SMILES string of the molecule is COCC1CCCN(c2cccc(Cl)c2CN)C1. The number of halogens is 1. The molecule has 4 heteroatoms. The Morgan fingerprint density at radius 1 is 1.50 bits per heavy atom. The van der Waals surface area contributed by atoms with E-state index in [1.807, 2.05) is 12.1 Å². The third-order valence-corrected chi connectivity index (χ3v) is 3.91. The van der Waals surface area contributed by atoms with Gasteiger partial charge < -0.3 is 15.4 Å². The van der Waals surface area contributed by atoms with Crippen LogP contribution in [0.5, 0.6) is 0 Å². The zero-order chi connectivity index (χ0) is 13.0. The monoisotopic (exact) mass is 268 g/mol. The van der Waals surface area contributed by atoms with E-state index in [9.17, 15) is 0 Å². The van der Waals surface area contributed by atoms with Crippen molar-refractivity contribution in [3.63, 3.8) is 0 Å². The molecule has 0 aliphatic carbocycles. The molecule has 1 aliphatic heterocycles. The van der Waals surface area contributed by atoms with E-state index >= 15 is 0 Å². The highest BCUT2D eigenvalue weighted by Gasteiger charge is 2.22. The molecule has 1 aromatic carbocycles. The summed E-state index contributed by atoms with van der Waals surface area (Å²) in [7, 11) is 1.77. The highest BCUT2D eigenvalue weighted by molar-refractivity contribution is 6.31. The van der Waals surface area contributed by atoms with E-state index in [0.717, 1.165) is 30.3 Å². The number of rotatable bonds is 4. The summed E-state index contributed by atoms with van der Waals surface area (Å²) in [6.45, 7) is 3.42. The van der Waals surface area contributed by atoms with Gasteiger partial charge in [0.05, 0.1) is 6.61 Å². The summed E-state index contributed by atoms with van der Waals surface area (Å²) in [5.41, 5.74) is 8.05. The minimum atomic E-state index is 0.487. The van der Waals surface area contributed by atoms with Gasteiger partial charge in [-0.05, 0) is 30.9 Å². The lowest BCUT2D eigenvalue weighted by atomic mass is 9.97. The highest BCUT2D eigenvalue weighted by Crippen LogP contribution is 2.30. The van der Waals surface area contributed by atoms with E-state index in [0.29, 0.717) is 12.5 Å². The molecule has 0 saturated carbocycles. The molecule has 18 heavy (non-hydrogen) atoms. The van der Waals surface area contributed by atoms with Crippen molar-refractivity contribution in [1.29, 1.82) is 0 Å². The van der Waals surface area contributed by atoms with Crippen LogP contribution in [0.3, 0.4) is 0 Å². The third kappa shape index (κ3) is 2.97. The van der Waals surface area contributed by atoms with Gasteiger partial charge in [-0.2, -0.15) is 0 Å². The summed E-state index contributed by atoms with van der Waals surface area (Å²) in [5, 5.41) is 0.767. The first kappa shape index (κ1) is 13.7. The largest absolute Gasteiger partial charge is 0.384 e. The van der Waals surface area contributed by atoms with E-state index in [4.69, 9.17) is 22.1 Å². The summed E-state index contributed by atoms with van der Waals surface area (Å²) in [4.78, 5) is 2.39. The molecule has 1 unspecified atom stereocenters. The summed E-state index contributed by atoms with van der Waals surface area (Å²) in [6, 6.07) is 6.02. The van der Waals surface area contributed by atoms with Crippen molar-refractivity contribution in [2.75, 3.05) is 31.7 Å². The molecular weight excluding hydrogens is 248 g/mol. The Morgan fingerprint density at radius 2 is 2.33 bits per heavy atom. The van der Waals surface area contributed by atoms with E-state index < -0.39 is 0 Å². The molecule has 0 bridgehead atoms. The van der Waals surface area contributed by atoms with Crippen LogP contribution in [0.1, 0.15) is 18.4 Å². The Balaban J connectivity index is 2.18. The number of benzene rings is 1. The smallest absolute Gasteiger partial charge is 0.0507 e. The Labute approximate surface area is 114 Å². The molecule has 3 nitrogen and oxygen atoms in total. The van der Waals surface area contributed by atoms with Gasteiger partial charge in [-0.15, -0.1) is 0 Å². The predicted molar refractivity (Wildman–Crippen MR) is 76.2 cm³/mol. The van der Waals surface area contributed by atoms with Crippen molar-refractivity contribution in [2.45, 2.75) is 19.4 Å². The van der Waals surface area contributed by atoms with Gasteiger partial charge in [0.2, 0.25) is 0 Å². The second-order valence-electron chi connectivity index (χ2n) is 4.85. The molecule has 0 spiro atoms. The van der Waals surface area contributed by atoms with Gasteiger partial charge in [-0.1, -0.05) is 17.7 Å². The maximum Gasteiger partial charge on any atom is 0.0507 e. The van der Waals surface area contributed by atoms with E-state index in [2.05, 4.69) is 11.0 Å². The molecule has 1 atom stereocenters. The van der Waals surface area contributed by atoms with Gasteiger partial charge in [0.1, 0.15) is 0 Å². The first-order valence-corrected chi connectivity index (χ1v) is 6.85. The average Bonchev–Trinajstić information content (AvgIpc) is 2.39. The second-order valence-corrected chi connectivity index (χ2v) is 5.26. The van der Waals surface area contributed by atoms with Gasteiger partial charge in [-0.3, -0.25) is 0 Å². The molecule has 1 fully saturated rings. The Bertz CT molecular complexity index is 395. The van der Waals surface area contributed by atoms with E-state index in [1.54, 1.807) is 7.11 Å². The molecule has 1 aromatic rings. The number of anilines is 1. The van der Waals surface area contributed by atoms with Gasteiger partial charge >= 0.3 is 0 Å². The van der Waals surface area contributed by atoms with Crippen LogP contribution in [0.4, 0.5) is 5.69 Å². The molecular formula is C14H21ClN2O. The van der Waals surface area contributed by atoms with Crippen molar-refractivity contribution in [3.8, 4) is 0 Å². The number of methoxy groups -OCH3 is 1. The lowest BCUT2D eigenvalue weighted by Crippen LogP contribution is -2.37. The first-order chi connectivity index (χ1) is 8.76. The molecule has 0 amide bonds. The van der Waals surface area contributed by atoms with Crippen LogP contribution in [0, 0.1) is 5.92 Å². The van der Waals surface area contributed by atoms with Crippen LogP contribution < -0.4 is 10.6 Å². The zero-order valence-electron chi connectivity index (χ0n) is 10.9. The van der Waals surface area contributed by atoms with Crippen LogP contribution in [-0.4, -0.2) is 26.8 Å². The highest BCUT2D eigenvalue weighted by atomic mass is 35.5. The fourth-order valence-corrected chi connectivity index (χ4v) is 2.95. The van der Waals surface area contributed by atoms with E-state index in [-0.39, 0.29) is 0 Å². The van der Waals surface area contributed by atoms with Crippen molar-refractivity contribution < 1.29 is 4.74 Å². The number of piperidine rings is 1. The molecule has 0 radical (unpaired) electrons. The number of hydrogen-bond acceptors (Lipinski definition) is 3. The predicted octanol–water partition coefficient (Wildman–Crippen LogP) is 2.66. The lowest BCUT2D eigenvalue weighted by Gasteiger charge is -2.35. The number of nitrogens with zero attached hydrogens (tertiary/aromatic N) is 1. The van der Waals surface area contributed by atoms with Crippen molar-refractivity contribution in [3.05, 3.63) is 28.8 Å². The molecule has 2 N–H and O–H groups in total. The van der Waals surface area contributed by atoms with Crippen molar-refractivity contribution >= 4 is 17.3 Å². The molecule has 1 saturated heterocycles. The van der Waals surface area contributed by atoms with Gasteiger partial charge in [0.25, 0.3) is 0 Å². The topological polar surface area (TPSA) is 38.5 Å². The van der Waals surface area contributed by atoms with Gasteiger partial charge in [0, 0.05) is 43.0 Å². The number of nitrogens with two attached hydrogens (primary N) is 1. The Morgan fingerprint density at radius 3 is 3.06 bits per heavy atom.